The minimum absolute atomic E-state index is 0.0853. The summed E-state index contributed by atoms with van der Waals surface area (Å²) in [4.78, 5) is 21.7. The molecule has 262 valence electrons. The summed E-state index contributed by atoms with van der Waals surface area (Å²) >= 11 is 0. The van der Waals surface area contributed by atoms with E-state index in [2.05, 4.69) is 37.1 Å². The Balaban J connectivity index is 0.919. The van der Waals surface area contributed by atoms with Crippen molar-refractivity contribution in [3.63, 3.8) is 0 Å². The molecule has 1 N–H and O–H groups in total. The summed E-state index contributed by atoms with van der Waals surface area (Å²) in [7, 11) is 0. The molecule has 2 aliphatic heterocycles. The second-order valence-corrected chi connectivity index (χ2v) is 13.2. The van der Waals surface area contributed by atoms with Gasteiger partial charge in [-0.1, -0.05) is 25.1 Å². The van der Waals surface area contributed by atoms with Crippen molar-refractivity contribution in [1.29, 1.82) is 0 Å². The SMILES string of the molecule is CCC([C@H](C)O)n1ncn(-c2ccc(N3CCN(c4ccc(OC[C@H]5CO[C@@](Cn6cncn6)(c6ccccc6F)C5)cc4)CC3)cc2)c1=O. The van der Waals surface area contributed by atoms with Gasteiger partial charge in [0.25, 0.3) is 0 Å². The number of rotatable bonds is 12. The molecule has 3 aromatic carbocycles. The Hall–Kier alpha value is -5.01. The number of benzene rings is 3. The molecule has 0 amide bonds. The van der Waals surface area contributed by atoms with Gasteiger partial charge in [-0.15, -0.1) is 0 Å². The van der Waals surface area contributed by atoms with Gasteiger partial charge in [0.1, 0.15) is 36.1 Å². The van der Waals surface area contributed by atoms with Crippen LogP contribution in [0.2, 0.25) is 0 Å². The summed E-state index contributed by atoms with van der Waals surface area (Å²) in [6.07, 6.45) is 5.16. The number of nitrogens with zero attached hydrogens (tertiary/aromatic N) is 8. The van der Waals surface area contributed by atoms with Crippen LogP contribution >= 0.6 is 0 Å². The van der Waals surface area contributed by atoms with E-state index in [1.807, 2.05) is 49.4 Å². The maximum Gasteiger partial charge on any atom is 0.350 e. The molecular weight excluding hydrogens is 639 g/mol. The van der Waals surface area contributed by atoms with Crippen molar-refractivity contribution in [3.8, 4) is 11.4 Å². The fourth-order valence-electron chi connectivity index (χ4n) is 7.21. The average molecular weight is 683 g/mol. The van der Waals surface area contributed by atoms with Gasteiger partial charge in [0.15, 0.2) is 0 Å². The van der Waals surface area contributed by atoms with Crippen molar-refractivity contribution in [2.75, 3.05) is 49.2 Å². The van der Waals surface area contributed by atoms with Crippen molar-refractivity contribution in [1.82, 2.24) is 29.1 Å². The van der Waals surface area contributed by atoms with Crippen molar-refractivity contribution in [3.05, 3.63) is 114 Å². The quantitative estimate of drug-likeness (QED) is 0.204. The molecule has 0 spiro atoms. The summed E-state index contributed by atoms with van der Waals surface area (Å²) in [5.41, 5.74) is 2.40. The highest BCUT2D eigenvalue weighted by molar-refractivity contribution is 5.54. The van der Waals surface area contributed by atoms with Crippen LogP contribution in [0.25, 0.3) is 5.69 Å². The first-order valence-electron chi connectivity index (χ1n) is 17.2. The Kier molecular flexibility index (Phi) is 9.68. The first-order valence-corrected chi connectivity index (χ1v) is 17.2. The number of aliphatic hydroxyl groups is 1. The lowest BCUT2D eigenvalue weighted by molar-refractivity contribution is -0.0206. The summed E-state index contributed by atoms with van der Waals surface area (Å²) in [5, 5.41) is 18.6. The molecule has 5 aromatic rings. The molecule has 4 heterocycles. The Bertz CT molecular complexity index is 1900. The van der Waals surface area contributed by atoms with Crippen LogP contribution in [0.5, 0.6) is 5.75 Å². The molecule has 2 aromatic heterocycles. The van der Waals surface area contributed by atoms with Crippen molar-refractivity contribution in [2.24, 2.45) is 5.92 Å². The molecule has 0 bridgehead atoms. The molecule has 2 fully saturated rings. The maximum absolute atomic E-state index is 14.9. The second-order valence-electron chi connectivity index (χ2n) is 13.2. The van der Waals surface area contributed by atoms with E-state index in [-0.39, 0.29) is 23.5 Å². The lowest BCUT2D eigenvalue weighted by Gasteiger charge is -2.37. The van der Waals surface area contributed by atoms with Crippen molar-refractivity contribution < 1.29 is 19.0 Å². The molecule has 0 saturated carbocycles. The number of ether oxygens (including phenoxy) is 2. The van der Waals surface area contributed by atoms with Gasteiger partial charge >= 0.3 is 5.69 Å². The third-order valence-electron chi connectivity index (χ3n) is 9.91. The monoisotopic (exact) mass is 682 g/mol. The molecule has 1 unspecified atom stereocenters. The van der Waals surface area contributed by atoms with Crippen LogP contribution in [-0.4, -0.2) is 79.7 Å². The molecule has 13 heteroatoms. The van der Waals surface area contributed by atoms with Gasteiger partial charge in [0.05, 0.1) is 37.6 Å². The molecule has 4 atom stereocenters. The van der Waals surface area contributed by atoms with Gasteiger partial charge in [-0.05, 0) is 74.4 Å². The Labute approximate surface area is 290 Å². The Morgan fingerprint density at radius 3 is 2.22 bits per heavy atom. The predicted octanol–water partition coefficient (Wildman–Crippen LogP) is 4.43. The number of aliphatic hydroxyl groups excluding tert-OH is 1. The molecular formula is C37H43FN8O4. The van der Waals surface area contributed by atoms with Crippen LogP contribution in [0.3, 0.4) is 0 Å². The van der Waals surface area contributed by atoms with Gasteiger partial charge in [-0.3, -0.25) is 0 Å². The van der Waals surface area contributed by atoms with Crippen molar-refractivity contribution >= 4 is 11.4 Å². The molecule has 2 aliphatic rings. The van der Waals surface area contributed by atoms with E-state index in [4.69, 9.17) is 9.47 Å². The third kappa shape index (κ3) is 6.88. The number of anilines is 2. The number of aromatic nitrogens is 6. The number of hydrogen-bond donors (Lipinski definition) is 1. The van der Waals surface area contributed by atoms with E-state index < -0.39 is 11.7 Å². The Morgan fingerprint density at radius 2 is 1.60 bits per heavy atom. The molecule has 50 heavy (non-hydrogen) atoms. The predicted molar refractivity (Wildman–Crippen MR) is 187 cm³/mol. The van der Waals surface area contributed by atoms with Crippen LogP contribution in [0.1, 0.15) is 38.3 Å². The minimum atomic E-state index is -0.844. The van der Waals surface area contributed by atoms with Gasteiger partial charge < -0.3 is 24.4 Å². The van der Waals surface area contributed by atoms with Crippen molar-refractivity contribution in [2.45, 2.75) is 51.0 Å². The minimum Gasteiger partial charge on any atom is -0.493 e. The van der Waals surface area contributed by atoms with Gasteiger partial charge in [0.2, 0.25) is 0 Å². The number of hydrogen-bond acceptors (Lipinski definition) is 9. The van der Waals surface area contributed by atoms with E-state index in [1.54, 1.807) is 30.1 Å². The average Bonchev–Trinajstić information content (AvgIpc) is 3.90. The van der Waals surface area contributed by atoms with E-state index in [1.165, 1.54) is 28.0 Å². The zero-order chi connectivity index (χ0) is 34.7. The van der Waals surface area contributed by atoms with E-state index in [0.29, 0.717) is 38.2 Å². The second kappa shape index (κ2) is 14.5. The van der Waals surface area contributed by atoms with Crippen LogP contribution in [-0.2, 0) is 16.9 Å². The lowest BCUT2D eigenvalue weighted by Crippen LogP contribution is -2.46. The third-order valence-corrected chi connectivity index (χ3v) is 9.91. The largest absolute Gasteiger partial charge is 0.493 e. The molecule has 0 radical (unpaired) electrons. The normalized spacial score (nSPS) is 20.6. The van der Waals surface area contributed by atoms with Crippen LogP contribution in [0.4, 0.5) is 15.8 Å². The van der Waals surface area contributed by atoms with Gasteiger partial charge in [0, 0.05) is 49.0 Å². The van der Waals surface area contributed by atoms with Gasteiger partial charge in [-0.25, -0.2) is 28.1 Å². The standard InChI is InChI=1S/C37H43FN8O4/c1-3-35(27(2)47)46-36(48)45(26-41-46)31-10-8-29(9-11-31)42-16-18-43(19-17-42)30-12-14-32(15-13-30)49-21-28-20-37(50-22-28,23-44-25-39-24-40-44)33-6-4-5-7-34(33)38/h4-15,24-28,35,47H,3,16-23H2,1-2H3/t27-,28-,35?,37-/m0/s1. The highest BCUT2D eigenvalue weighted by Gasteiger charge is 2.44. The highest BCUT2D eigenvalue weighted by atomic mass is 19.1. The Morgan fingerprint density at radius 1 is 0.940 bits per heavy atom. The summed E-state index contributed by atoms with van der Waals surface area (Å²) in [6.45, 7) is 8.37. The smallest absolute Gasteiger partial charge is 0.350 e. The topological polar surface area (TPSA) is 116 Å². The fourth-order valence-corrected chi connectivity index (χ4v) is 7.21. The lowest BCUT2D eigenvalue weighted by atomic mass is 9.87. The first-order chi connectivity index (χ1) is 24.3. The first kappa shape index (κ1) is 33.5. The highest BCUT2D eigenvalue weighted by Crippen LogP contribution is 2.42. The van der Waals surface area contributed by atoms with E-state index in [9.17, 15) is 14.3 Å². The molecule has 0 aliphatic carbocycles. The summed E-state index contributed by atoms with van der Waals surface area (Å²) in [6, 6.07) is 22.6. The maximum atomic E-state index is 14.9. The number of halogens is 1. The summed E-state index contributed by atoms with van der Waals surface area (Å²) < 4.78 is 32.0. The van der Waals surface area contributed by atoms with E-state index >= 15 is 0 Å². The zero-order valence-electron chi connectivity index (χ0n) is 28.4. The van der Waals surface area contributed by atoms with Gasteiger partial charge in [-0.2, -0.15) is 10.2 Å². The van der Waals surface area contributed by atoms with Crippen LogP contribution < -0.4 is 20.2 Å². The van der Waals surface area contributed by atoms with E-state index in [0.717, 1.165) is 49.0 Å². The zero-order valence-corrected chi connectivity index (χ0v) is 28.4. The molecule has 2 saturated heterocycles. The fraction of sp³-hybridized carbons (Fsp3) is 0.405. The van der Waals surface area contributed by atoms with Crippen LogP contribution in [0.15, 0.2) is 96.6 Å². The number of piperazine rings is 1. The summed E-state index contributed by atoms with van der Waals surface area (Å²) in [5.74, 6) is 0.580. The van der Waals surface area contributed by atoms with Crippen LogP contribution in [0, 0.1) is 11.7 Å². The molecule has 7 rings (SSSR count). The molecule has 12 nitrogen and oxygen atoms in total.